The standard InChI is InChI=1S/C12H19N3O3/c1-5-18-12(17)11-8(2)13-6-9(11)14-10(16)7-15(3)4/h6,13H,5,7H2,1-4H3,(H,14,16). The maximum Gasteiger partial charge on any atom is 0.342 e. The molecule has 1 aromatic rings. The lowest BCUT2D eigenvalue weighted by atomic mass is 10.2. The predicted molar refractivity (Wildman–Crippen MR) is 68.7 cm³/mol. The monoisotopic (exact) mass is 253 g/mol. The van der Waals surface area contributed by atoms with E-state index in [2.05, 4.69) is 10.3 Å². The van der Waals surface area contributed by atoms with E-state index in [4.69, 9.17) is 4.74 Å². The molecule has 100 valence electrons. The zero-order chi connectivity index (χ0) is 13.7. The Morgan fingerprint density at radius 3 is 2.67 bits per heavy atom. The molecule has 0 aliphatic heterocycles. The molecule has 0 saturated carbocycles. The average molecular weight is 253 g/mol. The van der Waals surface area contributed by atoms with Crippen LogP contribution in [0.25, 0.3) is 0 Å². The molecule has 0 fully saturated rings. The van der Waals surface area contributed by atoms with Crippen LogP contribution in [0.3, 0.4) is 0 Å². The van der Waals surface area contributed by atoms with Gasteiger partial charge in [0.1, 0.15) is 5.56 Å². The Labute approximate surface area is 106 Å². The van der Waals surface area contributed by atoms with Crippen molar-refractivity contribution < 1.29 is 14.3 Å². The number of amides is 1. The topological polar surface area (TPSA) is 74.4 Å². The lowest BCUT2D eigenvalue weighted by molar-refractivity contribution is -0.116. The van der Waals surface area contributed by atoms with E-state index in [9.17, 15) is 9.59 Å². The quantitative estimate of drug-likeness (QED) is 0.768. The summed E-state index contributed by atoms with van der Waals surface area (Å²) in [6.07, 6.45) is 1.59. The zero-order valence-electron chi connectivity index (χ0n) is 11.2. The third-order valence-electron chi connectivity index (χ3n) is 2.29. The van der Waals surface area contributed by atoms with Crippen molar-refractivity contribution in [1.82, 2.24) is 9.88 Å². The van der Waals surface area contributed by atoms with E-state index in [1.807, 2.05) is 0 Å². The molecule has 6 heteroatoms. The fraction of sp³-hybridized carbons (Fsp3) is 0.500. The van der Waals surface area contributed by atoms with Gasteiger partial charge in [-0.05, 0) is 27.9 Å². The maximum absolute atomic E-state index is 11.7. The van der Waals surface area contributed by atoms with Crippen LogP contribution in [0.4, 0.5) is 5.69 Å². The van der Waals surface area contributed by atoms with E-state index >= 15 is 0 Å². The van der Waals surface area contributed by atoms with Crippen LogP contribution in [0.1, 0.15) is 23.0 Å². The van der Waals surface area contributed by atoms with Gasteiger partial charge in [0.2, 0.25) is 5.91 Å². The van der Waals surface area contributed by atoms with E-state index in [-0.39, 0.29) is 12.5 Å². The first-order valence-electron chi connectivity index (χ1n) is 5.75. The largest absolute Gasteiger partial charge is 0.462 e. The van der Waals surface area contributed by atoms with Crippen LogP contribution in [0.2, 0.25) is 0 Å². The lowest BCUT2D eigenvalue weighted by Gasteiger charge is -2.10. The van der Waals surface area contributed by atoms with Crippen molar-refractivity contribution in [2.45, 2.75) is 13.8 Å². The minimum Gasteiger partial charge on any atom is -0.462 e. The highest BCUT2D eigenvalue weighted by Crippen LogP contribution is 2.20. The van der Waals surface area contributed by atoms with Crippen molar-refractivity contribution >= 4 is 17.6 Å². The van der Waals surface area contributed by atoms with Crippen molar-refractivity contribution in [3.05, 3.63) is 17.5 Å². The summed E-state index contributed by atoms with van der Waals surface area (Å²) in [7, 11) is 3.60. The molecule has 0 unspecified atom stereocenters. The third-order valence-corrected chi connectivity index (χ3v) is 2.29. The molecule has 1 rings (SSSR count). The smallest absolute Gasteiger partial charge is 0.342 e. The van der Waals surface area contributed by atoms with Crippen molar-refractivity contribution in [2.75, 3.05) is 32.6 Å². The van der Waals surface area contributed by atoms with Crippen LogP contribution in [-0.4, -0.2) is 49.0 Å². The second-order valence-corrected chi connectivity index (χ2v) is 4.21. The van der Waals surface area contributed by atoms with Gasteiger partial charge in [0.15, 0.2) is 0 Å². The second-order valence-electron chi connectivity index (χ2n) is 4.21. The van der Waals surface area contributed by atoms with E-state index in [0.717, 1.165) is 0 Å². The SMILES string of the molecule is CCOC(=O)c1c(NC(=O)CN(C)C)c[nH]c1C. The molecule has 2 N–H and O–H groups in total. The van der Waals surface area contributed by atoms with Gasteiger partial charge in [0, 0.05) is 11.9 Å². The highest BCUT2D eigenvalue weighted by Gasteiger charge is 2.19. The number of likely N-dealkylation sites (N-methyl/N-ethyl adjacent to an activating group) is 1. The van der Waals surface area contributed by atoms with Crippen molar-refractivity contribution in [3.8, 4) is 0 Å². The van der Waals surface area contributed by atoms with Gasteiger partial charge < -0.3 is 19.9 Å². The Morgan fingerprint density at radius 1 is 1.44 bits per heavy atom. The van der Waals surface area contributed by atoms with Crippen LogP contribution >= 0.6 is 0 Å². The number of aromatic nitrogens is 1. The Balaban J connectivity index is 2.83. The first-order chi connectivity index (χ1) is 8.45. The Morgan fingerprint density at radius 2 is 2.11 bits per heavy atom. The minimum atomic E-state index is -0.434. The number of hydrogen-bond donors (Lipinski definition) is 2. The number of hydrogen-bond acceptors (Lipinski definition) is 4. The number of esters is 1. The number of aryl methyl sites for hydroxylation is 1. The van der Waals surface area contributed by atoms with Gasteiger partial charge in [0.05, 0.1) is 18.8 Å². The van der Waals surface area contributed by atoms with E-state index in [0.29, 0.717) is 23.6 Å². The van der Waals surface area contributed by atoms with Gasteiger partial charge in [-0.3, -0.25) is 4.79 Å². The van der Waals surface area contributed by atoms with Gasteiger partial charge in [-0.2, -0.15) is 0 Å². The van der Waals surface area contributed by atoms with Gasteiger partial charge in [-0.25, -0.2) is 4.79 Å². The van der Waals surface area contributed by atoms with Crippen LogP contribution in [-0.2, 0) is 9.53 Å². The summed E-state index contributed by atoms with van der Waals surface area (Å²) < 4.78 is 4.95. The highest BCUT2D eigenvalue weighted by atomic mass is 16.5. The summed E-state index contributed by atoms with van der Waals surface area (Å²) in [5.41, 5.74) is 1.51. The third kappa shape index (κ3) is 3.59. The molecule has 0 atom stereocenters. The average Bonchev–Trinajstić information content (AvgIpc) is 2.58. The number of nitrogens with one attached hydrogen (secondary N) is 2. The summed E-state index contributed by atoms with van der Waals surface area (Å²) >= 11 is 0. The number of aromatic amines is 1. The summed E-state index contributed by atoms with van der Waals surface area (Å²) in [6.45, 7) is 4.05. The highest BCUT2D eigenvalue weighted by molar-refractivity contribution is 6.02. The van der Waals surface area contributed by atoms with Crippen LogP contribution in [0.15, 0.2) is 6.20 Å². The molecule has 18 heavy (non-hydrogen) atoms. The lowest BCUT2D eigenvalue weighted by Crippen LogP contribution is -2.27. The van der Waals surface area contributed by atoms with Gasteiger partial charge >= 0.3 is 5.97 Å². The predicted octanol–water partition coefficient (Wildman–Crippen LogP) is 1.000. The molecule has 0 bridgehead atoms. The molecule has 0 aromatic carbocycles. The molecule has 0 aliphatic rings. The number of nitrogens with zero attached hydrogens (tertiary/aromatic N) is 1. The van der Waals surface area contributed by atoms with Crippen molar-refractivity contribution in [1.29, 1.82) is 0 Å². The van der Waals surface area contributed by atoms with Crippen molar-refractivity contribution in [3.63, 3.8) is 0 Å². The van der Waals surface area contributed by atoms with Crippen LogP contribution < -0.4 is 5.32 Å². The molecule has 1 heterocycles. The molecular weight excluding hydrogens is 234 g/mol. The number of H-pyrrole nitrogens is 1. The number of rotatable bonds is 5. The number of ether oxygens (including phenoxy) is 1. The Bertz CT molecular complexity index is 438. The fourth-order valence-corrected chi connectivity index (χ4v) is 1.57. The summed E-state index contributed by atoms with van der Waals surface area (Å²) in [5.74, 6) is -0.610. The van der Waals surface area contributed by atoms with E-state index < -0.39 is 5.97 Å². The molecule has 0 aliphatic carbocycles. The zero-order valence-corrected chi connectivity index (χ0v) is 11.2. The first kappa shape index (κ1) is 14.2. The van der Waals surface area contributed by atoms with Crippen LogP contribution in [0.5, 0.6) is 0 Å². The number of carbonyl (C=O) groups is 2. The van der Waals surface area contributed by atoms with Gasteiger partial charge in [-0.1, -0.05) is 0 Å². The normalized spacial score (nSPS) is 10.5. The van der Waals surface area contributed by atoms with Crippen molar-refractivity contribution in [2.24, 2.45) is 0 Å². The summed E-state index contributed by atoms with van der Waals surface area (Å²) in [4.78, 5) is 28.0. The minimum absolute atomic E-state index is 0.176. The molecule has 1 amide bonds. The molecule has 0 spiro atoms. The van der Waals surface area contributed by atoms with E-state index in [1.165, 1.54) is 0 Å². The second kappa shape index (κ2) is 6.20. The molecular formula is C12H19N3O3. The summed E-state index contributed by atoms with van der Waals surface area (Å²) in [6, 6.07) is 0. The van der Waals surface area contributed by atoms with E-state index in [1.54, 1.807) is 39.0 Å². The maximum atomic E-state index is 11.7. The first-order valence-corrected chi connectivity index (χ1v) is 5.75. The molecule has 6 nitrogen and oxygen atoms in total. The van der Waals surface area contributed by atoms with Gasteiger partial charge in [-0.15, -0.1) is 0 Å². The Kier molecular flexibility index (Phi) is 4.91. The molecule has 0 radical (unpaired) electrons. The van der Waals surface area contributed by atoms with Gasteiger partial charge in [0.25, 0.3) is 0 Å². The molecule has 0 saturated heterocycles. The molecule has 1 aromatic heterocycles. The fourth-order valence-electron chi connectivity index (χ4n) is 1.57. The number of anilines is 1. The Hall–Kier alpha value is -1.82. The van der Waals surface area contributed by atoms with Crippen LogP contribution in [0, 0.1) is 6.92 Å². The number of carbonyl (C=O) groups excluding carboxylic acids is 2. The summed E-state index contributed by atoms with van der Waals surface area (Å²) in [5, 5.41) is 2.69.